The van der Waals surface area contributed by atoms with Crippen molar-refractivity contribution in [2.24, 2.45) is 0 Å². The maximum absolute atomic E-state index is 13.5. The van der Waals surface area contributed by atoms with E-state index in [1.54, 1.807) is 17.0 Å². The van der Waals surface area contributed by atoms with Crippen LogP contribution in [0.4, 0.5) is 8.78 Å². The normalized spacial score (nSPS) is 30.6. The van der Waals surface area contributed by atoms with E-state index >= 15 is 0 Å². The fourth-order valence-electron chi connectivity index (χ4n) is 3.68. The summed E-state index contributed by atoms with van der Waals surface area (Å²) in [5, 5.41) is 20.7. The molecule has 0 radical (unpaired) electrons. The van der Waals surface area contributed by atoms with Gasteiger partial charge in [0.15, 0.2) is 0 Å². The molecule has 1 aliphatic heterocycles. The molecule has 24 heavy (non-hydrogen) atoms. The Morgan fingerprint density at radius 3 is 2.42 bits per heavy atom. The molecule has 1 spiro atoms. The molecule has 1 aromatic rings. The predicted molar refractivity (Wildman–Crippen MR) is 88.5 cm³/mol. The fourth-order valence-corrected chi connectivity index (χ4v) is 3.95. The molecule has 3 unspecified atom stereocenters. The van der Waals surface area contributed by atoms with Crippen molar-refractivity contribution in [3.63, 3.8) is 0 Å². The molecule has 134 valence electrons. The molecular weight excluding hydrogens is 384 g/mol. The van der Waals surface area contributed by atoms with Crippen LogP contribution in [0.5, 0.6) is 0 Å². The number of halogens is 3. The van der Waals surface area contributed by atoms with Crippen LogP contribution in [0.1, 0.15) is 44.3 Å². The first kappa shape index (κ1) is 18.2. The van der Waals surface area contributed by atoms with Crippen molar-refractivity contribution in [2.45, 2.75) is 62.7 Å². The van der Waals surface area contributed by atoms with E-state index in [9.17, 15) is 19.0 Å². The molecule has 1 saturated carbocycles. The molecule has 1 aliphatic carbocycles. The van der Waals surface area contributed by atoms with Crippen molar-refractivity contribution >= 4 is 15.9 Å². The summed E-state index contributed by atoms with van der Waals surface area (Å²) in [6.07, 6.45) is -2.01. The quantitative estimate of drug-likeness (QED) is 0.808. The van der Waals surface area contributed by atoms with E-state index in [1.165, 1.54) is 0 Å². The molecule has 3 atom stereocenters. The first-order chi connectivity index (χ1) is 11.2. The van der Waals surface area contributed by atoms with E-state index in [4.69, 9.17) is 4.74 Å². The van der Waals surface area contributed by atoms with E-state index in [1.807, 2.05) is 19.1 Å². The summed E-state index contributed by atoms with van der Waals surface area (Å²) in [6.45, 7) is 2.05. The average molecular weight is 406 g/mol. The van der Waals surface area contributed by atoms with E-state index in [-0.39, 0.29) is 38.3 Å². The second kappa shape index (κ2) is 6.61. The standard InChI is InChI=1S/C17H22BrF2NO3/c1-11-16(6-8-17(19,20)9-7-16)24-15(23)21(11)10-14(22)12-2-4-13(18)5-3-12/h2-5,11,14-15,22-23H,6-10H2,1H3. The highest BCUT2D eigenvalue weighted by Gasteiger charge is 2.55. The maximum atomic E-state index is 13.5. The lowest BCUT2D eigenvalue weighted by Gasteiger charge is -2.39. The lowest BCUT2D eigenvalue weighted by Crippen LogP contribution is -2.48. The Hall–Kier alpha value is -0.600. The van der Waals surface area contributed by atoms with E-state index in [2.05, 4.69) is 15.9 Å². The zero-order valence-electron chi connectivity index (χ0n) is 13.5. The van der Waals surface area contributed by atoms with Crippen molar-refractivity contribution in [3.05, 3.63) is 34.3 Å². The number of alkyl halides is 2. The third-order valence-electron chi connectivity index (χ3n) is 5.35. The van der Waals surface area contributed by atoms with Gasteiger partial charge in [0.2, 0.25) is 12.3 Å². The molecule has 1 heterocycles. The van der Waals surface area contributed by atoms with Crippen molar-refractivity contribution in [2.75, 3.05) is 6.54 Å². The fraction of sp³-hybridized carbons (Fsp3) is 0.647. The van der Waals surface area contributed by atoms with Gasteiger partial charge in [-0.05, 0) is 37.5 Å². The Kier molecular flexibility index (Phi) is 5.01. The Morgan fingerprint density at radius 2 is 1.83 bits per heavy atom. The van der Waals surface area contributed by atoms with Gasteiger partial charge >= 0.3 is 0 Å². The number of aliphatic hydroxyl groups excluding tert-OH is 2. The third-order valence-corrected chi connectivity index (χ3v) is 5.88. The SMILES string of the molecule is CC1N(CC(O)c2ccc(Br)cc2)C(O)OC12CCC(F)(F)CC2. The first-order valence-electron chi connectivity index (χ1n) is 8.15. The number of ether oxygens (including phenoxy) is 1. The van der Waals surface area contributed by atoms with Gasteiger partial charge in [-0.25, -0.2) is 13.7 Å². The summed E-state index contributed by atoms with van der Waals surface area (Å²) in [4.78, 5) is 1.65. The van der Waals surface area contributed by atoms with Crippen LogP contribution in [0.25, 0.3) is 0 Å². The van der Waals surface area contributed by atoms with Gasteiger partial charge in [-0.2, -0.15) is 0 Å². The Labute approximate surface area is 148 Å². The van der Waals surface area contributed by atoms with Gasteiger partial charge in [-0.15, -0.1) is 0 Å². The number of hydrogen-bond donors (Lipinski definition) is 2. The van der Waals surface area contributed by atoms with Crippen LogP contribution in [-0.4, -0.2) is 45.6 Å². The minimum Gasteiger partial charge on any atom is -0.387 e. The van der Waals surface area contributed by atoms with Crippen molar-refractivity contribution < 1.29 is 23.7 Å². The lowest BCUT2D eigenvalue weighted by molar-refractivity contribution is -0.199. The summed E-state index contributed by atoms with van der Waals surface area (Å²) in [5.74, 6) is -2.65. The number of rotatable bonds is 3. The van der Waals surface area contributed by atoms with Crippen LogP contribution in [0.15, 0.2) is 28.7 Å². The number of nitrogens with zero attached hydrogens (tertiary/aromatic N) is 1. The topological polar surface area (TPSA) is 52.9 Å². The molecule has 0 amide bonds. The van der Waals surface area contributed by atoms with Crippen LogP contribution < -0.4 is 0 Å². The van der Waals surface area contributed by atoms with Gasteiger partial charge in [-0.3, -0.25) is 0 Å². The summed E-state index contributed by atoms with van der Waals surface area (Å²) in [7, 11) is 0. The predicted octanol–water partition coefficient (Wildman–Crippen LogP) is 3.43. The van der Waals surface area contributed by atoms with Gasteiger partial charge in [0, 0.05) is 29.9 Å². The van der Waals surface area contributed by atoms with Crippen LogP contribution >= 0.6 is 15.9 Å². The zero-order valence-corrected chi connectivity index (χ0v) is 15.0. The molecular formula is C17H22BrF2NO3. The minimum atomic E-state index is -2.65. The number of hydrogen-bond acceptors (Lipinski definition) is 4. The highest BCUT2D eigenvalue weighted by molar-refractivity contribution is 9.10. The van der Waals surface area contributed by atoms with Gasteiger partial charge in [0.1, 0.15) is 0 Å². The molecule has 2 aliphatic rings. The first-order valence-corrected chi connectivity index (χ1v) is 8.95. The molecule has 1 saturated heterocycles. The Morgan fingerprint density at radius 1 is 1.25 bits per heavy atom. The van der Waals surface area contributed by atoms with Crippen LogP contribution in [0.3, 0.4) is 0 Å². The highest BCUT2D eigenvalue weighted by Crippen LogP contribution is 2.47. The molecule has 0 bridgehead atoms. The van der Waals surface area contributed by atoms with Gasteiger partial charge in [-0.1, -0.05) is 28.1 Å². The number of β-amino-alcohol motifs (C(OH)–C–C–N with tert-alkyl or cyclic N) is 1. The second-order valence-electron chi connectivity index (χ2n) is 6.80. The van der Waals surface area contributed by atoms with Crippen LogP contribution in [-0.2, 0) is 4.74 Å². The molecule has 4 nitrogen and oxygen atoms in total. The molecule has 0 aromatic heterocycles. The average Bonchev–Trinajstić information content (AvgIpc) is 2.76. The van der Waals surface area contributed by atoms with Crippen molar-refractivity contribution in [1.82, 2.24) is 4.90 Å². The van der Waals surface area contributed by atoms with Gasteiger partial charge < -0.3 is 14.9 Å². The molecule has 7 heteroatoms. The Balaban J connectivity index is 1.69. The second-order valence-corrected chi connectivity index (χ2v) is 7.72. The van der Waals surface area contributed by atoms with E-state index < -0.39 is 24.0 Å². The van der Waals surface area contributed by atoms with Crippen molar-refractivity contribution in [3.8, 4) is 0 Å². The summed E-state index contributed by atoms with van der Waals surface area (Å²) in [6, 6.07) is 7.04. The van der Waals surface area contributed by atoms with Gasteiger partial charge in [0.25, 0.3) is 0 Å². The molecule has 2 N–H and O–H groups in total. The minimum absolute atomic E-state index is 0.183. The highest BCUT2D eigenvalue weighted by atomic mass is 79.9. The number of aliphatic hydroxyl groups is 2. The van der Waals surface area contributed by atoms with Crippen LogP contribution in [0.2, 0.25) is 0 Å². The molecule has 2 fully saturated rings. The summed E-state index contributed by atoms with van der Waals surface area (Å²) < 4.78 is 33.5. The van der Waals surface area contributed by atoms with Crippen LogP contribution in [0, 0.1) is 0 Å². The molecule has 3 rings (SSSR count). The zero-order chi connectivity index (χ0) is 17.5. The number of benzene rings is 1. The van der Waals surface area contributed by atoms with E-state index in [0.29, 0.717) is 0 Å². The summed E-state index contributed by atoms with van der Waals surface area (Å²) in [5.41, 5.74) is -0.0331. The molecule has 1 aromatic carbocycles. The lowest BCUT2D eigenvalue weighted by atomic mass is 9.78. The van der Waals surface area contributed by atoms with Gasteiger partial charge in [0.05, 0.1) is 11.7 Å². The summed E-state index contributed by atoms with van der Waals surface area (Å²) >= 11 is 3.35. The van der Waals surface area contributed by atoms with Crippen molar-refractivity contribution in [1.29, 1.82) is 0 Å². The third kappa shape index (κ3) is 3.51. The maximum Gasteiger partial charge on any atom is 0.248 e. The van der Waals surface area contributed by atoms with E-state index in [0.717, 1.165) is 10.0 Å². The monoisotopic (exact) mass is 405 g/mol. The Bertz CT molecular complexity index is 574. The smallest absolute Gasteiger partial charge is 0.248 e. The largest absolute Gasteiger partial charge is 0.387 e.